The highest BCUT2D eigenvalue weighted by Gasteiger charge is 2.28. The Bertz CT molecular complexity index is 355. The second-order valence-electron chi connectivity index (χ2n) is 4.47. The van der Waals surface area contributed by atoms with Crippen molar-refractivity contribution in [3.05, 3.63) is 5.82 Å². The number of anilines is 1. The van der Waals surface area contributed by atoms with Crippen molar-refractivity contribution in [2.24, 2.45) is 5.73 Å². The normalized spacial score (nSPS) is 25.5. The summed E-state index contributed by atoms with van der Waals surface area (Å²) in [5.41, 5.74) is 5.73. The lowest BCUT2D eigenvalue weighted by Crippen LogP contribution is -2.29. The van der Waals surface area contributed by atoms with Gasteiger partial charge in [-0.25, -0.2) is 4.68 Å². The number of hydrogen-bond acceptors (Lipinski definition) is 4. The summed E-state index contributed by atoms with van der Waals surface area (Å²) in [6.07, 6.45) is 4.87. The third-order valence-electron chi connectivity index (χ3n) is 3.50. The summed E-state index contributed by atoms with van der Waals surface area (Å²) in [6.45, 7) is 1.62. The predicted molar refractivity (Wildman–Crippen MR) is 57.8 cm³/mol. The molecule has 0 aromatic carbocycles. The Kier molecular flexibility index (Phi) is 2.12. The van der Waals surface area contributed by atoms with Crippen molar-refractivity contribution >= 4 is 5.95 Å². The maximum absolute atomic E-state index is 5.73. The highest BCUT2D eigenvalue weighted by molar-refractivity contribution is 5.29. The van der Waals surface area contributed by atoms with Crippen molar-refractivity contribution in [2.75, 3.05) is 18.4 Å². The first-order chi connectivity index (χ1) is 7.38. The van der Waals surface area contributed by atoms with Crippen molar-refractivity contribution in [3.8, 4) is 0 Å². The van der Waals surface area contributed by atoms with Gasteiger partial charge in [0.05, 0.1) is 6.04 Å². The molecule has 15 heavy (non-hydrogen) atoms. The number of nitrogens with zero attached hydrogens (tertiary/aromatic N) is 3. The van der Waals surface area contributed by atoms with Crippen LogP contribution in [0, 0.1) is 0 Å². The van der Waals surface area contributed by atoms with Crippen LogP contribution in [0.15, 0.2) is 0 Å². The maximum Gasteiger partial charge on any atom is 0.221 e. The lowest BCUT2D eigenvalue weighted by atomic mass is 9.85. The Morgan fingerprint density at radius 3 is 2.93 bits per heavy atom. The van der Waals surface area contributed by atoms with Gasteiger partial charge in [-0.15, -0.1) is 0 Å². The van der Waals surface area contributed by atoms with E-state index in [1.54, 1.807) is 0 Å². The predicted octanol–water partition coefficient (Wildman–Crippen LogP) is 0.861. The molecule has 2 heterocycles. The molecule has 1 saturated carbocycles. The van der Waals surface area contributed by atoms with E-state index in [1.165, 1.54) is 19.3 Å². The van der Waals surface area contributed by atoms with Crippen LogP contribution in [0.2, 0.25) is 0 Å². The van der Waals surface area contributed by atoms with Gasteiger partial charge in [-0.1, -0.05) is 6.42 Å². The third-order valence-corrected chi connectivity index (χ3v) is 3.50. The van der Waals surface area contributed by atoms with E-state index in [2.05, 4.69) is 15.4 Å². The topological polar surface area (TPSA) is 68.8 Å². The van der Waals surface area contributed by atoms with Crippen molar-refractivity contribution in [3.63, 3.8) is 0 Å². The number of nitrogens with one attached hydrogen (secondary N) is 1. The Morgan fingerprint density at radius 1 is 1.40 bits per heavy atom. The van der Waals surface area contributed by atoms with Crippen LogP contribution in [-0.2, 0) is 0 Å². The molecule has 1 fully saturated rings. The number of nitrogens with two attached hydrogens (primary N) is 1. The van der Waals surface area contributed by atoms with Crippen LogP contribution in [0.4, 0.5) is 5.95 Å². The summed E-state index contributed by atoms with van der Waals surface area (Å²) >= 11 is 0. The molecule has 3 rings (SSSR count). The first-order valence-corrected chi connectivity index (χ1v) is 5.79. The van der Waals surface area contributed by atoms with Crippen LogP contribution < -0.4 is 11.1 Å². The van der Waals surface area contributed by atoms with Gasteiger partial charge >= 0.3 is 0 Å². The third kappa shape index (κ3) is 1.42. The number of rotatable bonds is 2. The lowest BCUT2D eigenvalue weighted by Gasteiger charge is -2.23. The second kappa shape index (κ2) is 3.48. The molecular formula is C10H17N5. The molecule has 5 heteroatoms. The van der Waals surface area contributed by atoms with Crippen molar-refractivity contribution in [2.45, 2.75) is 37.6 Å². The van der Waals surface area contributed by atoms with E-state index >= 15 is 0 Å². The molecule has 3 N–H and O–H groups in total. The zero-order chi connectivity index (χ0) is 10.3. The van der Waals surface area contributed by atoms with Gasteiger partial charge in [-0.05, 0) is 19.3 Å². The zero-order valence-corrected chi connectivity index (χ0v) is 8.82. The highest BCUT2D eigenvalue weighted by atomic mass is 15.4. The smallest absolute Gasteiger partial charge is 0.221 e. The van der Waals surface area contributed by atoms with E-state index in [9.17, 15) is 0 Å². The number of fused-ring (bicyclic) bond motifs is 1. The average molecular weight is 207 g/mol. The van der Waals surface area contributed by atoms with Crippen molar-refractivity contribution in [1.29, 1.82) is 0 Å². The second-order valence-corrected chi connectivity index (χ2v) is 4.47. The minimum absolute atomic E-state index is 0.336. The summed E-state index contributed by atoms with van der Waals surface area (Å²) in [5.74, 6) is 2.53. The minimum atomic E-state index is 0.336. The minimum Gasteiger partial charge on any atom is -0.354 e. The fourth-order valence-electron chi connectivity index (χ4n) is 2.24. The Balaban J connectivity index is 1.90. The lowest BCUT2D eigenvalue weighted by molar-refractivity contribution is 0.385. The fraction of sp³-hybridized carbons (Fsp3) is 0.800. The van der Waals surface area contributed by atoms with E-state index in [0.717, 1.165) is 24.7 Å². The Hall–Kier alpha value is -1.10. The van der Waals surface area contributed by atoms with E-state index < -0.39 is 0 Å². The van der Waals surface area contributed by atoms with Gasteiger partial charge in [0.2, 0.25) is 5.95 Å². The average Bonchev–Trinajstić information content (AvgIpc) is 2.57. The molecule has 1 aliphatic heterocycles. The number of aromatic nitrogens is 3. The van der Waals surface area contributed by atoms with Crippen molar-refractivity contribution in [1.82, 2.24) is 14.8 Å². The van der Waals surface area contributed by atoms with Crippen LogP contribution in [0.25, 0.3) is 0 Å². The highest BCUT2D eigenvalue weighted by Crippen LogP contribution is 2.35. The fourth-order valence-corrected chi connectivity index (χ4v) is 2.24. The Morgan fingerprint density at radius 2 is 2.27 bits per heavy atom. The van der Waals surface area contributed by atoms with Gasteiger partial charge in [0.1, 0.15) is 0 Å². The molecular weight excluding hydrogens is 190 g/mol. The van der Waals surface area contributed by atoms with Gasteiger partial charge in [0.15, 0.2) is 5.82 Å². The SMILES string of the molecule is NCC1CCNc2nc(C3CCC3)nn21. The summed E-state index contributed by atoms with van der Waals surface area (Å²) < 4.78 is 1.98. The van der Waals surface area contributed by atoms with Gasteiger partial charge in [0, 0.05) is 19.0 Å². The van der Waals surface area contributed by atoms with Crippen LogP contribution in [0.1, 0.15) is 43.5 Å². The molecule has 1 aromatic heterocycles. The molecule has 0 saturated heterocycles. The summed E-state index contributed by atoms with van der Waals surface area (Å²) in [6, 6.07) is 0.336. The first-order valence-electron chi connectivity index (χ1n) is 5.79. The van der Waals surface area contributed by atoms with Crippen LogP contribution in [0.5, 0.6) is 0 Å². The van der Waals surface area contributed by atoms with Gasteiger partial charge in [-0.3, -0.25) is 0 Å². The zero-order valence-electron chi connectivity index (χ0n) is 8.82. The van der Waals surface area contributed by atoms with Gasteiger partial charge < -0.3 is 11.1 Å². The van der Waals surface area contributed by atoms with E-state index in [4.69, 9.17) is 5.73 Å². The summed E-state index contributed by atoms with van der Waals surface area (Å²) in [7, 11) is 0. The standard InChI is InChI=1S/C10H17N5/c11-6-8-4-5-12-10-13-9(14-15(8)10)7-2-1-3-7/h7-8H,1-6,11H2,(H,12,13,14). The molecule has 0 spiro atoms. The quantitative estimate of drug-likeness (QED) is 0.754. The molecule has 1 atom stereocenters. The molecule has 0 amide bonds. The van der Waals surface area contributed by atoms with E-state index in [1.807, 2.05) is 4.68 Å². The van der Waals surface area contributed by atoms with Gasteiger partial charge in [-0.2, -0.15) is 10.1 Å². The molecule has 2 aliphatic rings. The number of hydrogen-bond donors (Lipinski definition) is 2. The van der Waals surface area contributed by atoms with Crippen LogP contribution >= 0.6 is 0 Å². The monoisotopic (exact) mass is 207 g/mol. The summed E-state index contributed by atoms with van der Waals surface area (Å²) in [5, 5.41) is 7.87. The van der Waals surface area contributed by atoms with Crippen LogP contribution in [0.3, 0.4) is 0 Å². The molecule has 82 valence electrons. The Labute approximate surface area is 89.1 Å². The van der Waals surface area contributed by atoms with E-state index in [0.29, 0.717) is 18.5 Å². The molecule has 0 bridgehead atoms. The molecule has 1 aliphatic carbocycles. The first kappa shape index (κ1) is 9.15. The maximum atomic E-state index is 5.73. The largest absolute Gasteiger partial charge is 0.354 e. The van der Waals surface area contributed by atoms with Crippen molar-refractivity contribution < 1.29 is 0 Å². The molecule has 0 radical (unpaired) electrons. The van der Waals surface area contributed by atoms with Gasteiger partial charge in [0.25, 0.3) is 0 Å². The van der Waals surface area contributed by atoms with E-state index in [-0.39, 0.29) is 0 Å². The summed E-state index contributed by atoms with van der Waals surface area (Å²) in [4.78, 5) is 4.56. The molecule has 1 unspecified atom stereocenters. The van der Waals surface area contributed by atoms with Crippen LogP contribution in [-0.4, -0.2) is 27.9 Å². The molecule has 1 aromatic rings. The molecule has 5 nitrogen and oxygen atoms in total.